The van der Waals surface area contributed by atoms with Crippen LogP contribution in [0.1, 0.15) is 6.92 Å². The summed E-state index contributed by atoms with van der Waals surface area (Å²) in [5.41, 5.74) is -0.843. The normalized spacial score (nSPS) is 52.8. The summed E-state index contributed by atoms with van der Waals surface area (Å²) in [6.45, 7) is 0.487. The third-order valence-corrected chi connectivity index (χ3v) is 8.23. The maximum absolute atomic E-state index is 12.3. The van der Waals surface area contributed by atoms with E-state index in [-0.39, 0.29) is 5.57 Å². The quantitative estimate of drug-likeness (QED) is 0.106. The second-order valence-corrected chi connectivity index (χ2v) is 10.5. The highest BCUT2D eigenvalue weighted by atomic mass is 16.8. The highest BCUT2D eigenvalue weighted by molar-refractivity contribution is 5.89. The van der Waals surface area contributed by atoms with E-state index in [4.69, 9.17) is 33.2 Å². The molecule has 0 aromatic carbocycles. The fourth-order valence-electron chi connectivity index (χ4n) is 5.91. The summed E-state index contributed by atoms with van der Waals surface area (Å²) in [5.74, 6) is -2.22. The third kappa shape index (κ3) is 4.76. The monoisotopic (exact) mass is 566 g/mol. The summed E-state index contributed by atoms with van der Waals surface area (Å²) in [6, 6.07) is 0. The first kappa shape index (κ1) is 29.0. The number of carbonyl (C=O) groups excluding carboxylic acids is 1. The Labute approximate surface area is 221 Å². The van der Waals surface area contributed by atoms with E-state index in [2.05, 4.69) is 0 Å². The van der Waals surface area contributed by atoms with E-state index in [0.29, 0.717) is 0 Å². The van der Waals surface area contributed by atoms with Crippen molar-refractivity contribution in [2.45, 2.75) is 92.4 Å². The summed E-state index contributed by atoms with van der Waals surface area (Å²) in [6.07, 6.45) is -17.7. The predicted octanol–water partition coefficient (Wildman–Crippen LogP) is -5.20. The summed E-state index contributed by atoms with van der Waals surface area (Å²) in [5, 5.41) is 81.6. The van der Waals surface area contributed by atoms with Gasteiger partial charge in [-0.1, -0.05) is 0 Å². The minimum Gasteiger partial charge on any atom is -0.471 e. The topological polar surface area (TPSA) is 247 Å². The molecule has 4 heterocycles. The zero-order chi connectivity index (χ0) is 28.4. The van der Waals surface area contributed by atoms with Gasteiger partial charge < -0.3 is 74.0 Å². The largest absolute Gasteiger partial charge is 0.471 e. The van der Waals surface area contributed by atoms with Crippen LogP contribution in [0.25, 0.3) is 0 Å². The number of esters is 1. The van der Waals surface area contributed by atoms with Crippen molar-refractivity contribution in [3.8, 4) is 0 Å². The molecule has 16 heteroatoms. The molecule has 222 valence electrons. The smallest absolute Gasteiger partial charge is 0.337 e. The van der Waals surface area contributed by atoms with E-state index in [1.165, 1.54) is 7.11 Å². The lowest BCUT2D eigenvalue weighted by molar-refractivity contribution is -0.355. The molecule has 8 N–H and O–H groups in total. The van der Waals surface area contributed by atoms with Crippen molar-refractivity contribution in [1.29, 1.82) is 0 Å². The first-order valence-corrected chi connectivity index (χ1v) is 12.5. The molecule has 0 aromatic heterocycles. The Morgan fingerprint density at radius 1 is 0.872 bits per heavy atom. The number of epoxide rings is 1. The third-order valence-electron chi connectivity index (χ3n) is 8.23. The average molecular weight is 567 g/mol. The molecule has 16 nitrogen and oxygen atoms in total. The van der Waals surface area contributed by atoms with Crippen LogP contribution in [-0.2, 0) is 38.0 Å². The molecular formula is C23H34O16. The van der Waals surface area contributed by atoms with Gasteiger partial charge in [0.2, 0.25) is 6.29 Å². The molecule has 5 aliphatic rings. The van der Waals surface area contributed by atoms with Crippen molar-refractivity contribution in [3.63, 3.8) is 0 Å². The van der Waals surface area contributed by atoms with Crippen molar-refractivity contribution in [1.82, 2.24) is 0 Å². The van der Waals surface area contributed by atoms with Gasteiger partial charge in [-0.2, -0.15) is 0 Å². The molecule has 1 saturated carbocycles. The molecule has 16 atom stereocenters. The Morgan fingerprint density at radius 3 is 2.13 bits per heavy atom. The molecule has 39 heavy (non-hydrogen) atoms. The maximum Gasteiger partial charge on any atom is 0.337 e. The lowest BCUT2D eigenvalue weighted by atomic mass is 9.81. The van der Waals surface area contributed by atoms with Crippen molar-refractivity contribution in [3.05, 3.63) is 11.8 Å². The van der Waals surface area contributed by atoms with Crippen molar-refractivity contribution >= 4 is 5.97 Å². The van der Waals surface area contributed by atoms with Gasteiger partial charge in [0, 0.05) is 5.92 Å². The predicted molar refractivity (Wildman–Crippen MR) is 119 cm³/mol. The molecule has 0 aromatic rings. The number of hydrogen-bond acceptors (Lipinski definition) is 16. The van der Waals surface area contributed by atoms with Gasteiger partial charge in [-0.3, -0.25) is 0 Å². The standard InChI is InChI=1S/C23H34O16/c1-23-10-9(13(27)18(23)39-23)6(19(32)33-2)4-34-20(10)38-22-17(31)15(29)12(26)8(37-22)5-35-21-16(30)14(28)11(25)7(3-24)36-21/h4,7-18,20-22,24-31H,3,5H2,1-2H3/t7-,8-,9-,10-,11+,12-,13+,14+,15+,16-,17-,18+,20+,21+,22+,23-/m1/s1. The zero-order valence-electron chi connectivity index (χ0n) is 21.0. The highest BCUT2D eigenvalue weighted by Crippen LogP contribution is 2.61. The van der Waals surface area contributed by atoms with Gasteiger partial charge in [0.05, 0.1) is 44.2 Å². The molecular weight excluding hydrogens is 532 g/mol. The van der Waals surface area contributed by atoms with Gasteiger partial charge in [0.1, 0.15) is 60.5 Å². The van der Waals surface area contributed by atoms with E-state index >= 15 is 0 Å². The lowest BCUT2D eigenvalue weighted by Gasteiger charge is -2.44. The first-order chi connectivity index (χ1) is 18.4. The van der Waals surface area contributed by atoms with E-state index in [1.54, 1.807) is 6.92 Å². The molecule has 0 amide bonds. The molecule has 0 spiro atoms. The Hall–Kier alpha value is -1.51. The van der Waals surface area contributed by atoms with Gasteiger partial charge in [-0.05, 0) is 6.92 Å². The van der Waals surface area contributed by atoms with E-state index in [9.17, 15) is 45.6 Å². The minimum atomic E-state index is -1.78. The van der Waals surface area contributed by atoms with E-state index in [0.717, 1.165) is 6.26 Å². The summed E-state index contributed by atoms with van der Waals surface area (Å²) >= 11 is 0. The molecule has 0 bridgehead atoms. The number of hydrogen-bond donors (Lipinski definition) is 8. The second-order valence-electron chi connectivity index (χ2n) is 10.5. The lowest BCUT2D eigenvalue weighted by Crippen LogP contribution is -2.62. The number of ether oxygens (including phenoxy) is 7. The number of carbonyl (C=O) groups is 1. The molecule has 3 saturated heterocycles. The van der Waals surface area contributed by atoms with Crippen LogP contribution < -0.4 is 0 Å². The van der Waals surface area contributed by atoms with Gasteiger partial charge in [0.25, 0.3) is 0 Å². The average Bonchev–Trinajstić information content (AvgIpc) is 3.57. The number of aliphatic hydroxyl groups excluding tert-OH is 8. The van der Waals surface area contributed by atoms with Gasteiger partial charge >= 0.3 is 5.97 Å². The van der Waals surface area contributed by atoms with Crippen LogP contribution >= 0.6 is 0 Å². The number of aliphatic hydroxyl groups is 8. The molecule has 4 fully saturated rings. The molecule has 0 unspecified atom stereocenters. The SMILES string of the molecule is COC(=O)C1=CO[C@@H](O[C@@H]2O[C@H](CO[C@H]3O[C@H](CO)[C@H](O)[C@H](O)[C@H]3O)[C@@H](O)[C@H](O)[C@H]2O)[C@H]2[C@@H]1[C@H](O)[C@@H]1O[C@]21C. The van der Waals surface area contributed by atoms with Gasteiger partial charge in [-0.25, -0.2) is 4.79 Å². The van der Waals surface area contributed by atoms with Crippen LogP contribution in [0.2, 0.25) is 0 Å². The molecule has 5 rings (SSSR count). The van der Waals surface area contributed by atoms with Crippen molar-refractivity contribution < 1.29 is 78.8 Å². The highest BCUT2D eigenvalue weighted by Gasteiger charge is 2.75. The minimum absolute atomic E-state index is 0.0817. The number of rotatable bonds is 7. The Bertz CT molecular complexity index is 945. The summed E-state index contributed by atoms with van der Waals surface area (Å²) in [7, 11) is 1.19. The van der Waals surface area contributed by atoms with Crippen LogP contribution in [0.3, 0.4) is 0 Å². The molecule has 4 aliphatic heterocycles. The van der Waals surface area contributed by atoms with Crippen LogP contribution in [0.5, 0.6) is 0 Å². The second kappa shape index (κ2) is 10.7. The maximum atomic E-state index is 12.3. The number of methoxy groups -OCH3 is 1. The van der Waals surface area contributed by atoms with Gasteiger partial charge in [-0.15, -0.1) is 0 Å². The Balaban J connectivity index is 1.28. The molecule has 0 radical (unpaired) electrons. The zero-order valence-corrected chi connectivity index (χ0v) is 21.0. The first-order valence-electron chi connectivity index (χ1n) is 12.5. The van der Waals surface area contributed by atoms with Crippen molar-refractivity contribution in [2.75, 3.05) is 20.3 Å². The molecule has 1 aliphatic carbocycles. The Kier molecular flexibility index (Phi) is 7.97. The van der Waals surface area contributed by atoms with Crippen LogP contribution in [-0.4, -0.2) is 153 Å². The number of fused-ring (bicyclic) bond motifs is 3. The summed E-state index contributed by atoms with van der Waals surface area (Å²) in [4.78, 5) is 12.3. The fourth-order valence-corrected chi connectivity index (χ4v) is 5.91. The van der Waals surface area contributed by atoms with Crippen LogP contribution in [0.15, 0.2) is 11.8 Å². The van der Waals surface area contributed by atoms with E-state index in [1.807, 2.05) is 0 Å². The van der Waals surface area contributed by atoms with Crippen LogP contribution in [0.4, 0.5) is 0 Å². The Morgan fingerprint density at radius 2 is 1.49 bits per heavy atom. The van der Waals surface area contributed by atoms with E-state index < -0.39 is 117 Å². The van der Waals surface area contributed by atoms with Gasteiger partial charge in [0.15, 0.2) is 12.6 Å². The van der Waals surface area contributed by atoms with Crippen LogP contribution in [0, 0.1) is 11.8 Å². The fraction of sp³-hybridized carbons (Fsp3) is 0.870. The van der Waals surface area contributed by atoms with Crippen molar-refractivity contribution in [2.24, 2.45) is 11.8 Å². The summed E-state index contributed by atoms with van der Waals surface area (Å²) < 4.78 is 38.3.